The minimum absolute atomic E-state index is 0.0343. The number of nitrogens with two attached hydrogens (primary N) is 1. The zero-order valence-corrected chi connectivity index (χ0v) is 12.3. The highest BCUT2D eigenvalue weighted by molar-refractivity contribution is 9.10. The molecule has 0 saturated carbocycles. The van der Waals surface area contributed by atoms with Crippen LogP contribution < -0.4 is 5.73 Å². The summed E-state index contributed by atoms with van der Waals surface area (Å²) in [5.41, 5.74) is 6.28. The number of rotatable bonds is 5. The average molecular weight is 336 g/mol. The molecule has 0 aliphatic rings. The van der Waals surface area contributed by atoms with Crippen molar-refractivity contribution in [3.8, 4) is 0 Å². The molecule has 0 bridgehead atoms. The molecule has 0 aromatic heterocycles. The Kier molecular flexibility index (Phi) is 5.15. The number of esters is 1. The first kappa shape index (κ1) is 15.0. The van der Waals surface area contributed by atoms with E-state index in [9.17, 15) is 13.2 Å². The van der Waals surface area contributed by atoms with Crippen LogP contribution in [-0.2, 0) is 14.6 Å². The van der Waals surface area contributed by atoms with Crippen LogP contribution in [0.3, 0.4) is 0 Å². The van der Waals surface area contributed by atoms with E-state index in [0.29, 0.717) is 10.2 Å². The fourth-order valence-electron chi connectivity index (χ4n) is 1.18. The summed E-state index contributed by atoms with van der Waals surface area (Å²) in [6.07, 6.45) is 0. The fraction of sp³-hybridized carbons (Fsp3) is 0.364. The molecule has 100 valence electrons. The van der Waals surface area contributed by atoms with Crippen LogP contribution in [0, 0.1) is 0 Å². The van der Waals surface area contributed by atoms with Gasteiger partial charge in [-0.3, -0.25) is 0 Å². The largest absolute Gasteiger partial charge is 0.461 e. The quantitative estimate of drug-likeness (QED) is 0.652. The summed E-state index contributed by atoms with van der Waals surface area (Å²) in [5.74, 6) is -0.734. The van der Waals surface area contributed by atoms with Gasteiger partial charge in [0.05, 0.1) is 11.3 Å². The van der Waals surface area contributed by atoms with E-state index in [1.807, 2.05) is 0 Å². The lowest BCUT2D eigenvalue weighted by Crippen LogP contribution is -2.17. The SMILES string of the molecule is CCS(=O)(=O)CCOC(=O)c1cc(N)ccc1Br. The molecule has 18 heavy (non-hydrogen) atoms. The molecule has 0 aliphatic carbocycles. The van der Waals surface area contributed by atoms with Gasteiger partial charge in [-0.05, 0) is 34.1 Å². The van der Waals surface area contributed by atoms with E-state index in [4.69, 9.17) is 10.5 Å². The van der Waals surface area contributed by atoms with Crippen LogP contribution in [0.5, 0.6) is 0 Å². The lowest BCUT2D eigenvalue weighted by molar-refractivity contribution is 0.0528. The summed E-state index contributed by atoms with van der Waals surface area (Å²) in [7, 11) is -3.13. The molecule has 0 unspecified atom stereocenters. The Bertz CT molecular complexity index is 542. The molecule has 5 nitrogen and oxygen atoms in total. The van der Waals surface area contributed by atoms with Crippen molar-refractivity contribution in [2.24, 2.45) is 0 Å². The summed E-state index contributed by atoms with van der Waals surface area (Å²) in [5, 5.41) is 0. The number of ether oxygens (including phenoxy) is 1. The van der Waals surface area contributed by atoms with Crippen LogP contribution in [0.2, 0.25) is 0 Å². The Labute approximate surface area is 114 Å². The van der Waals surface area contributed by atoms with Gasteiger partial charge in [-0.15, -0.1) is 0 Å². The van der Waals surface area contributed by atoms with Crippen molar-refractivity contribution in [1.82, 2.24) is 0 Å². The molecule has 1 aromatic carbocycles. The monoisotopic (exact) mass is 335 g/mol. The molecule has 0 fully saturated rings. The Balaban J connectivity index is 2.64. The molecular weight excluding hydrogens is 322 g/mol. The van der Waals surface area contributed by atoms with Crippen LogP contribution in [0.1, 0.15) is 17.3 Å². The van der Waals surface area contributed by atoms with E-state index in [-0.39, 0.29) is 23.7 Å². The third-order valence-electron chi connectivity index (χ3n) is 2.28. The number of benzene rings is 1. The first-order valence-corrected chi connectivity index (χ1v) is 7.89. The van der Waals surface area contributed by atoms with Crippen molar-refractivity contribution in [2.45, 2.75) is 6.92 Å². The predicted octanol–water partition coefficient (Wildman–Crippen LogP) is 1.62. The molecular formula is C11H14BrNO4S. The number of nitrogen functional groups attached to an aromatic ring is 1. The van der Waals surface area contributed by atoms with Crippen LogP contribution in [0.15, 0.2) is 22.7 Å². The second-order valence-electron chi connectivity index (χ2n) is 3.61. The molecule has 0 heterocycles. The van der Waals surface area contributed by atoms with Gasteiger partial charge in [-0.1, -0.05) is 6.92 Å². The van der Waals surface area contributed by atoms with Gasteiger partial charge in [-0.2, -0.15) is 0 Å². The van der Waals surface area contributed by atoms with Crippen molar-refractivity contribution in [3.05, 3.63) is 28.2 Å². The molecule has 0 aliphatic heterocycles. The fourth-order valence-corrected chi connectivity index (χ4v) is 2.22. The highest BCUT2D eigenvalue weighted by Gasteiger charge is 2.14. The van der Waals surface area contributed by atoms with Gasteiger partial charge in [0, 0.05) is 15.9 Å². The van der Waals surface area contributed by atoms with E-state index < -0.39 is 15.8 Å². The Hall–Kier alpha value is -1.08. The molecule has 1 rings (SSSR count). The maximum atomic E-state index is 11.7. The third-order valence-corrected chi connectivity index (χ3v) is 4.64. The summed E-state index contributed by atoms with van der Waals surface area (Å²) in [6, 6.07) is 4.75. The van der Waals surface area contributed by atoms with Crippen molar-refractivity contribution in [2.75, 3.05) is 23.8 Å². The second kappa shape index (κ2) is 6.19. The molecule has 0 saturated heterocycles. The van der Waals surface area contributed by atoms with Gasteiger partial charge in [0.25, 0.3) is 0 Å². The zero-order valence-electron chi connectivity index (χ0n) is 9.85. The highest BCUT2D eigenvalue weighted by atomic mass is 79.9. The summed E-state index contributed by atoms with van der Waals surface area (Å²) < 4.78 is 27.9. The molecule has 2 N–H and O–H groups in total. The van der Waals surface area contributed by atoms with Crippen molar-refractivity contribution >= 4 is 37.4 Å². The third kappa shape index (κ3) is 4.30. The normalized spacial score (nSPS) is 11.2. The van der Waals surface area contributed by atoms with Gasteiger partial charge in [0.2, 0.25) is 0 Å². The van der Waals surface area contributed by atoms with E-state index in [1.165, 1.54) is 6.07 Å². The predicted molar refractivity (Wildman–Crippen MR) is 73.2 cm³/mol. The number of hydrogen-bond donors (Lipinski definition) is 1. The summed E-state index contributed by atoms with van der Waals surface area (Å²) in [4.78, 5) is 11.7. The Morgan fingerprint density at radius 3 is 2.72 bits per heavy atom. The lowest BCUT2D eigenvalue weighted by Gasteiger charge is -2.07. The van der Waals surface area contributed by atoms with Gasteiger partial charge < -0.3 is 10.5 Å². The van der Waals surface area contributed by atoms with Crippen LogP contribution in [0.25, 0.3) is 0 Å². The molecule has 0 spiro atoms. The maximum Gasteiger partial charge on any atom is 0.339 e. The van der Waals surface area contributed by atoms with Gasteiger partial charge in [0.15, 0.2) is 9.84 Å². The molecule has 7 heteroatoms. The van der Waals surface area contributed by atoms with Crippen LogP contribution in [-0.4, -0.2) is 32.5 Å². The summed E-state index contributed by atoms with van der Waals surface area (Å²) >= 11 is 3.20. The zero-order chi connectivity index (χ0) is 13.8. The first-order valence-electron chi connectivity index (χ1n) is 5.28. The molecule has 1 aromatic rings. The number of carbonyl (C=O) groups is 1. The van der Waals surface area contributed by atoms with E-state index in [0.717, 1.165) is 0 Å². The average Bonchev–Trinajstić information content (AvgIpc) is 2.32. The Morgan fingerprint density at radius 2 is 2.11 bits per heavy atom. The smallest absolute Gasteiger partial charge is 0.339 e. The molecule has 0 atom stereocenters. The van der Waals surface area contributed by atoms with Gasteiger partial charge in [0.1, 0.15) is 6.61 Å². The Morgan fingerprint density at radius 1 is 1.44 bits per heavy atom. The lowest BCUT2D eigenvalue weighted by atomic mass is 10.2. The number of carbonyl (C=O) groups excluding carboxylic acids is 1. The second-order valence-corrected chi connectivity index (χ2v) is 6.94. The van der Waals surface area contributed by atoms with Crippen molar-refractivity contribution in [1.29, 1.82) is 0 Å². The van der Waals surface area contributed by atoms with Crippen molar-refractivity contribution in [3.63, 3.8) is 0 Å². The maximum absolute atomic E-state index is 11.7. The standard InChI is InChI=1S/C11H14BrNO4S/c1-2-18(15,16)6-5-17-11(14)9-7-8(13)3-4-10(9)12/h3-4,7H,2,5-6,13H2,1H3. The minimum atomic E-state index is -3.13. The highest BCUT2D eigenvalue weighted by Crippen LogP contribution is 2.20. The van der Waals surface area contributed by atoms with Crippen LogP contribution >= 0.6 is 15.9 Å². The van der Waals surface area contributed by atoms with E-state index in [2.05, 4.69) is 15.9 Å². The van der Waals surface area contributed by atoms with E-state index in [1.54, 1.807) is 19.1 Å². The van der Waals surface area contributed by atoms with Gasteiger partial charge >= 0.3 is 5.97 Å². The number of sulfone groups is 1. The molecule has 0 radical (unpaired) electrons. The van der Waals surface area contributed by atoms with Crippen molar-refractivity contribution < 1.29 is 17.9 Å². The molecule has 0 amide bonds. The first-order chi connectivity index (χ1) is 8.35. The van der Waals surface area contributed by atoms with E-state index >= 15 is 0 Å². The minimum Gasteiger partial charge on any atom is -0.461 e. The number of hydrogen-bond acceptors (Lipinski definition) is 5. The summed E-state index contributed by atoms with van der Waals surface area (Å²) in [6.45, 7) is 1.39. The van der Waals surface area contributed by atoms with Gasteiger partial charge in [-0.25, -0.2) is 13.2 Å². The number of halogens is 1. The van der Waals surface area contributed by atoms with Crippen LogP contribution in [0.4, 0.5) is 5.69 Å². The topological polar surface area (TPSA) is 86.5 Å². The number of anilines is 1.